The normalized spacial score (nSPS) is 10.3. The molecule has 2 aromatic rings. The van der Waals surface area contributed by atoms with E-state index in [1.165, 1.54) is 0 Å². The van der Waals surface area contributed by atoms with Gasteiger partial charge in [-0.15, -0.1) is 0 Å². The van der Waals surface area contributed by atoms with Gasteiger partial charge in [0.05, 0.1) is 11.3 Å². The zero-order valence-electron chi connectivity index (χ0n) is 11.8. The second-order valence-electron chi connectivity index (χ2n) is 4.66. The van der Waals surface area contributed by atoms with E-state index >= 15 is 0 Å². The highest BCUT2D eigenvalue weighted by Crippen LogP contribution is 2.27. The Hall–Kier alpha value is -1.33. The third-order valence-corrected chi connectivity index (χ3v) is 4.15. The summed E-state index contributed by atoms with van der Waals surface area (Å²) in [6, 6.07) is 11.4. The number of aryl methyl sites for hydroxylation is 1. The second-order valence-corrected chi connectivity index (χ2v) is 6.43. The fraction of sp³-hybridized carbons (Fsp3) is 0.188. The molecule has 5 heteroatoms. The van der Waals surface area contributed by atoms with E-state index in [-0.39, 0.29) is 5.91 Å². The summed E-state index contributed by atoms with van der Waals surface area (Å²) < 4.78 is 1.76. The molecule has 0 radical (unpaired) electrons. The maximum atomic E-state index is 12.5. The Bertz CT molecular complexity index is 671. The van der Waals surface area contributed by atoms with Crippen LogP contribution in [0.1, 0.15) is 22.8 Å². The molecule has 0 spiro atoms. The van der Waals surface area contributed by atoms with E-state index in [2.05, 4.69) is 42.5 Å². The molecule has 0 fully saturated rings. The minimum absolute atomic E-state index is 0.134. The highest BCUT2D eigenvalue weighted by Gasteiger charge is 2.13. The largest absolute Gasteiger partial charge is 0.385 e. The molecule has 110 valence electrons. The number of nitrogens with one attached hydrogen (secondary N) is 2. The van der Waals surface area contributed by atoms with Crippen molar-refractivity contribution in [3.05, 3.63) is 56.5 Å². The Morgan fingerprint density at radius 1 is 1.10 bits per heavy atom. The summed E-state index contributed by atoms with van der Waals surface area (Å²) in [5.41, 5.74) is 3.33. The van der Waals surface area contributed by atoms with Crippen molar-refractivity contribution in [3.63, 3.8) is 0 Å². The Morgan fingerprint density at radius 2 is 1.86 bits per heavy atom. The van der Waals surface area contributed by atoms with Crippen LogP contribution in [0.2, 0.25) is 0 Å². The molecule has 2 rings (SSSR count). The summed E-state index contributed by atoms with van der Waals surface area (Å²) in [5.74, 6) is -0.134. The van der Waals surface area contributed by atoms with E-state index < -0.39 is 0 Å². The molecule has 21 heavy (non-hydrogen) atoms. The van der Waals surface area contributed by atoms with Gasteiger partial charge >= 0.3 is 0 Å². The van der Waals surface area contributed by atoms with Crippen LogP contribution in [0.25, 0.3) is 0 Å². The number of carbonyl (C=O) groups is 1. The van der Waals surface area contributed by atoms with E-state index in [0.29, 0.717) is 5.56 Å². The van der Waals surface area contributed by atoms with Crippen molar-refractivity contribution < 1.29 is 4.79 Å². The molecule has 0 atom stereocenters. The lowest BCUT2D eigenvalue weighted by Crippen LogP contribution is -2.15. The molecule has 1 amide bonds. The van der Waals surface area contributed by atoms with Gasteiger partial charge in [0.1, 0.15) is 0 Å². The van der Waals surface area contributed by atoms with E-state index in [4.69, 9.17) is 0 Å². The van der Waals surface area contributed by atoms with E-state index in [9.17, 15) is 4.79 Å². The minimum atomic E-state index is -0.134. The first-order valence-corrected chi connectivity index (χ1v) is 8.20. The lowest BCUT2D eigenvalue weighted by atomic mass is 10.1. The summed E-state index contributed by atoms with van der Waals surface area (Å²) >= 11 is 6.85. The minimum Gasteiger partial charge on any atom is -0.385 e. The number of hydrogen-bond acceptors (Lipinski definition) is 2. The number of halogens is 2. The van der Waals surface area contributed by atoms with Crippen molar-refractivity contribution >= 4 is 49.1 Å². The molecular weight excluding hydrogens is 396 g/mol. The van der Waals surface area contributed by atoms with Crippen LogP contribution in [-0.4, -0.2) is 12.5 Å². The molecular formula is C16H16Br2N2O. The zero-order valence-corrected chi connectivity index (χ0v) is 15.0. The van der Waals surface area contributed by atoms with Crippen molar-refractivity contribution in [1.82, 2.24) is 0 Å². The van der Waals surface area contributed by atoms with Gasteiger partial charge < -0.3 is 10.6 Å². The van der Waals surface area contributed by atoms with Gasteiger partial charge in [-0.25, -0.2) is 0 Å². The van der Waals surface area contributed by atoms with Crippen molar-refractivity contribution in [3.8, 4) is 0 Å². The fourth-order valence-electron chi connectivity index (χ4n) is 1.98. The third kappa shape index (κ3) is 4.08. The summed E-state index contributed by atoms with van der Waals surface area (Å²) in [7, 11) is 0. The van der Waals surface area contributed by atoms with Crippen LogP contribution in [-0.2, 0) is 0 Å². The average Bonchev–Trinajstić information content (AvgIpc) is 2.43. The summed E-state index contributed by atoms with van der Waals surface area (Å²) in [5, 5.41) is 6.16. The first-order valence-electron chi connectivity index (χ1n) is 6.62. The molecule has 3 nitrogen and oxygen atoms in total. The Balaban J connectivity index is 2.30. The summed E-state index contributed by atoms with van der Waals surface area (Å²) in [6.45, 7) is 4.78. The molecule has 0 saturated heterocycles. The van der Waals surface area contributed by atoms with Gasteiger partial charge in [-0.05, 0) is 65.7 Å². The first kappa shape index (κ1) is 16.0. The summed E-state index contributed by atoms with van der Waals surface area (Å²) in [4.78, 5) is 12.5. The van der Waals surface area contributed by atoms with Gasteiger partial charge in [0, 0.05) is 21.2 Å². The molecule has 2 N–H and O–H groups in total. The van der Waals surface area contributed by atoms with Crippen LogP contribution in [0.3, 0.4) is 0 Å². The number of hydrogen-bond donors (Lipinski definition) is 2. The lowest BCUT2D eigenvalue weighted by molar-refractivity contribution is 0.102. The number of anilines is 2. The van der Waals surface area contributed by atoms with Crippen LogP contribution in [0.4, 0.5) is 11.4 Å². The smallest absolute Gasteiger partial charge is 0.257 e. The maximum absolute atomic E-state index is 12.5. The molecule has 0 aliphatic rings. The standard InChI is InChI=1S/C16H16Br2N2O/c1-3-19-14-8-10(2)4-6-12(14)16(21)20-15-9-11(17)5-7-13(15)18/h4-9,19H,3H2,1-2H3,(H,20,21). The maximum Gasteiger partial charge on any atom is 0.257 e. The zero-order chi connectivity index (χ0) is 15.4. The molecule has 0 unspecified atom stereocenters. The quantitative estimate of drug-likeness (QED) is 0.725. The van der Waals surface area contributed by atoms with Crippen molar-refractivity contribution in [2.45, 2.75) is 13.8 Å². The third-order valence-electron chi connectivity index (χ3n) is 2.96. The van der Waals surface area contributed by atoms with Crippen molar-refractivity contribution in [2.24, 2.45) is 0 Å². The van der Waals surface area contributed by atoms with Crippen LogP contribution >= 0.6 is 31.9 Å². The van der Waals surface area contributed by atoms with Crippen molar-refractivity contribution in [1.29, 1.82) is 0 Å². The highest BCUT2D eigenvalue weighted by atomic mass is 79.9. The van der Waals surface area contributed by atoms with Crippen LogP contribution in [0.5, 0.6) is 0 Å². The van der Waals surface area contributed by atoms with E-state index in [1.807, 2.05) is 50.2 Å². The fourth-order valence-corrected chi connectivity index (χ4v) is 2.68. The van der Waals surface area contributed by atoms with Gasteiger partial charge in [-0.3, -0.25) is 4.79 Å². The topological polar surface area (TPSA) is 41.1 Å². The average molecular weight is 412 g/mol. The Morgan fingerprint density at radius 3 is 2.57 bits per heavy atom. The van der Waals surface area contributed by atoms with Gasteiger partial charge in [0.15, 0.2) is 0 Å². The molecule has 0 bridgehead atoms. The first-order chi connectivity index (χ1) is 10.0. The van der Waals surface area contributed by atoms with Crippen LogP contribution in [0.15, 0.2) is 45.3 Å². The number of carbonyl (C=O) groups excluding carboxylic acids is 1. The second kappa shape index (κ2) is 7.09. The Labute approximate surface area is 141 Å². The van der Waals surface area contributed by atoms with Gasteiger partial charge in [0.2, 0.25) is 0 Å². The predicted molar refractivity (Wildman–Crippen MR) is 95.1 cm³/mol. The van der Waals surface area contributed by atoms with Gasteiger partial charge in [0.25, 0.3) is 5.91 Å². The Kier molecular flexibility index (Phi) is 5.42. The molecule has 2 aromatic carbocycles. The number of rotatable bonds is 4. The summed E-state index contributed by atoms with van der Waals surface area (Å²) in [6.07, 6.45) is 0. The molecule has 0 saturated carbocycles. The lowest BCUT2D eigenvalue weighted by Gasteiger charge is -2.13. The predicted octanol–water partition coefficient (Wildman–Crippen LogP) is 5.20. The molecule has 0 aliphatic heterocycles. The highest BCUT2D eigenvalue weighted by molar-refractivity contribution is 9.11. The van der Waals surface area contributed by atoms with E-state index in [1.54, 1.807) is 0 Å². The molecule has 0 heterocycles. The molecule has 0 aromatic heterocycles. The molecule has 0 aliphatic carbocycles. The monoisotopic (exact) mass is 410 g/mol. The SMILES string of the molecule is CCNc1cc(C)ccc1C(=O)Nc1cc(Br)ccc1Br. The van der Waals surface area contributed by atoms with Gasteiger partial charge in [-0.1, -0.05) is 22.0 Å². The van der Waals surface area contributed by atoms with Crippen LogP contribution < -0.4 is 10.6 Å². The number of benzene rings is 2. The van der Waals surface area contributed by atoms with Gasteiger partial charge in [-0.2, -0.15) is 0 Å². The number of amides is 1. The van der Waals surface area contributed by atoms with Crippen LogP contribution in [0, 0.1) is 6.92 Å². The van der Waals surface area contributed by atoms with E-state index in [0.717, 1.165) is 32.4 Å². The van der Waals surface area contributed by atoms with Crippen molar-refractivity contribution in [2.75, 3.05) is 17.2 Å².